The number of hydrogen-bond donors (Lipinski definition) is 0. The van der Waals surface area contributed by atoms with Crippen molar-refractivity contribution >= 4 is 5.97 Å². The van der Waals surface area contributed by atoms with E-state index in [2.05, 4.69) is 12.1 Å². The first-order chi connectivity index (χ1) is 7.34. The van der Waals surface area contributed by atoms with Crippen molar-refractivity contribution in [2.75, 3.05) is 0 Å². The number of cyclic esters (lactones) is 1. The van der Waals surface area contributed by atoms with Crippen LogP contribution in [-0.4, -0.2) is 12.1 Å². The number of ether oxygens (including phenoxy) is 1. The maximum Gasteiger partial charge on any atom is 0.306 e. The van der Waals surface area contributed by atoms with Gasteiger partial charge in [-0.05, 0) is 31.2 Å². The summed E-state index contributed by atoms with van der Waals surface area (Å²) in [7, 11) is 0. The van der Waals surface area contributed by atoms with E-state index < -0.39 is 0 Å². The van der Waals surface area contributed by atoms with Gasteiger partial charge in [-0.3, -0.25) is 4.79 Å². The van der Waals surface area contributed by atoms with Gasteiger partial charge in [0.1, 0.15) is 6.10 Å². The average molecular weight is 204 g/mol. The van der Waals surface area contributed by atoms with E-state index in [-0.39, 0.29) is 12.1 Å². The standard InChI is InChI=1S/C13H16O2/c14-13-8-4-7-12(15-13)10-9-11-5-2-1-3-6-11/h1-3,5-6,12H,4,7-10H2/t12-/m0/s1. The Labute approximate surface area is 90.3 Å². The van der Waals surface area contributed by atoms with Gasteiger partial charge in [-0.25, -0.2) is 0 Å². The highest BCUT2D eigenvalue weighted by Crippen LogP contribution is 2.18. The Morgan fingerprint density at radius 3 is 2.80 bits per heavy atom. The summed E-state index contributed by atoms with van der Waals surface area (Å²) in [6.07, 6.45) is 4.71. The molecular formula is C13H16O2. The zero-order chi connectivity index (χ0) is 10.5. The predicted octanol–water partition coefficient (Wildman–Crippen LogP) is 2.71. The Hall–Kier alpha value is -1.31. The molecule has 0 aliphatic carbocycles. The predicted molar refractivity (Wildman–Crippen MR) is 58.5 cm³/mol. The van der Waals surface area contributed by atoms with Crippen LogP contribution in [0.1, 0.15) is 31.2 Å². The summed E-state index contributed by atoms with van der Waals surface area (Å²) >= 11 is 0. The van der Waals surface area contributed by atoms with E-state index in [0.29, 0.717) is 6.42 Å². The number of aryl methyl sites for hydroxylation is 1. The van der Waals surface area contributed by atoms with E-state index >= 15 is 0 Å². The van der Waals surface area contributed by atoms with Gasteiger partial charge in [0.2, 0.25) is 0 Å². The summed E-state index contributed by atoms with van der Waals surface area (Å²) in [5.41, 5.74) is 1.32. The molecule has 0 saturated carbocycles. The highest BCUT2D eigenvalue weighted by molar-refractivity contribution is 5.70. The highest BCUT2D eigenvalue weighted by Gasteiger charge is 2.19. The first kappa shape index (κ1) is 10.2. The third-order valence-corrected chi connectivity index (χ3v) is 2.80. The minimum Gasteiger partial charge on any atom is -0.462 e. The first-order valence-electron chi connectivity index (χ1n) is 5.58. The van der Waals surface area contributed by atoms with Crippen molar-refractivity contribution in [2.45, 2.75) is 38.2 Å². The van der Waals surface area contributed by atoms with Gasteiger partial charge in [0.25, 0.3) is 0 Å². The molecule has 0 N–H and O–H groups in total. The molecule has 1 aromatic rings. The van der Waals surface area contributed by atoms with Crippen LogP contribution < -0.4 is 0 Å². The molecule has 0 amide bonds. The summed E-state index contributed by atoms with van der Waals surface area (Å²) in [5.74, 6) is -0.0284. The topological polar surface area (TPSA) is 26.3 Å². The zero-order valence-corrected chi connectivity index (χ0v) is 8.82. The molecule has 0 spiro atoms. The maximum absolute atomic E-state index is 11.1. The van der Waals surface area contributed by atoms with Gasteiger partial charge in [0, 0.05) is 6.42 Å². The van der Waals surface area contributed by atoms with Crippen LogP contribution in [0.2, 0.25) is 0 Å². The number of esters is 1. The fourth-order valence-corrected chi connectivity index (χ4v) is 1.95. The Balaban J connectivity index is 1.80. The summed E-state index contributed by atoms with van der Waals surface area (Å²) in [5, 5.41) is 0. The van der Waals surface area contributed by atoms with E-state index in [4.69, 9.17) is 4.74 Å². The van der Waals surface area contributed by atoms with Gasteiger partial charge in [0.05, 0.1) is 0 Å². The van der Waals surface area contributed by atoms with Crippen LogP contribution in [0.25, 0.3) is 0 Å². The van der Waals surface area contributed by atoms with Crippen LogP contribution in [-0.2, 0) is 16.0 Å². The molecule has 2 heteroatoms. The van der Waals surface area contributed by atoms with Crippen molar-refractivity contribution in [2.24, 2.45) is 0 Å². The lowest BCUT2D eigenvalue weighted by molar-refractivity contribution is -0.153. The molecule has 2 rings (SSSR count). The van der Waals surface area contributed by atoms with Crippen LogP contribution in [0.3, 0.4) is 0 Å². The fraction of sp³-hybridized carbons (Fsp3) is 0.462. The third kappa shape index (κ3) is 3.08. The highest BCUT2D eigenvalue weighted by atomic mass is 16.5. The second-order valence-corrected chi connectivity index (χ2v) is 4.03. The smallest absolute Gasteiger partial charge is 0.306 e. The van der Waals surface area contributed by atoms with E-state index in [1.807, 2.05) is 18.2 Å². The van der Waals surface area contributed by atoms with Gasteiger partial charge in [-0.2, -0.15) is 0 Å². The molecule has 1 atom stereocenters. The quantitative estimate of drug-likeness (QED) is 0.708. The molecule has 2 nitrogen and oxygen atoms in total. The van der Waals surface area contributed by atoms with Gasteiger partial charge in [-0.15, -0.1) is 0 Å². The molecule has 80 valence electrons. The van der Waals surface area contributed by atoms with E-state index in [1.165, 1.54) is 5.56 Å². The van der Waals surface area contributed by atoms with Crippen molar-refractivity contribution in [1.29, 1.82) is 0 Å². The van der Waals surface area contributed by atoms with Crippen LogP contribution in [0.15, 0.2) is 30.3 Å². The summed E-state index contributed by atoms with van der Waals surface area (Å²) < 4.78 is 5.27. The summed E-state index contributed by atoms with van der Waals surface area (Å²) in [6.45, 7) is 0. The molecule has 0 radical (unpaired) electrons. The van der Waals surface area contributed by atoms with E-state index in [9.17, 15) is 4.79 Å². The van der Waals surface area contributed by atoms with Crippen LogP contribution in [0.4, 0.5) is 0 Å². The minimum atomic E-state index is -0.0284. The molecule has 1 aliphatic heterocycles. The molecule has 0 bridgehead atoms. The lowest BCUT2D eigenvalue weighted by Crippen LogP contribution is -2.23. The Morgan fingerprint density at radius 2 is 2.07 bits per heavy atom. The maximum atomic E-state index is 11.1. The van der Waals surface area contributed by atoms with Crippen molar-refractivity contribution in [1.82, 2.24) is 0 Å². The number of rotatable bonds is 3. The van der Waals surface area contributed by atoms with Crippen molar-refractivity contribution < 1.29 is 9.53 Å². The van der Waals surface area contributed by atoms with Gasteiger partial charge < -0.3 is 4.74 Å². The van der Waals surface area contributed by atoms with Crippen molar-refractivity contribution in [3.8, 4) is 0 Å². The number of carbonyl (C=O) groups excluding carboxylic acids is 1. The normalized spacial score (nSPS) is 21.1. The fourth-order valence-electron chi connectivity index (χ4n) is 1.95. The second-order valence-electron chi connectivity index (χ2n) is 4.03. The molecule has 1 heterocycles. The Kier molecular flexibility index (Phi) is 3.38. The lowest BCUT2D eigenvalue weighted by Gasteiger charge is -2.22. The Bertz CT molecular complexity index is 319. The van der Waals surface area contributed by atoms with Crippen molar-refractivity contribution in [3.63, 3.8) is 0 Å². The third-order valence-electron chi connectivity index (χ3n) is 2.80. The van der Waals surface area contributed by atoms with Gasteiger partial charge >= 0.3 is 5.97 Å². The van der Waals surface area contributed by atoms with E-state index in [0.717, 1.165) is 25.7 Å². The number of carbonyl (C=O) groups is 1. The van der Waals surface area contributed by atoms with Crippen LogP contribution in [0.5, 0.6) is 0 Å². The van der Waals surface area contributed by atoms with Crippen molar-refractivity contribution in [3.05, 3.63) is 35.9 Å². The van der Waals surface area contributed by atoms with Gasteiger partial charge in [0.15, 0.2) is 0 Å². The first-order valence-corrected chi connectivity index (χ1v) is 5.58. The molecule has 1 fully saturated rings. The molecule has 0 unspecified atom stereocenters. The molecular weight excluding hydrogens is 188 g/mol. The molecule has 1 aromatic carbocycles. The van der Waals surface area contributed by atoms with Gasteiger partial charge in [-0.1, -0.05) is 30.3 Å². The second kappa shape index (κ2) is 4.96. The van der Waals surface area contributed by atoms with Crippen LogP contribution >= 0.6 is 0 Å². The average Bonchev–Trinajstić information content (AvgIpc) is 2.28. The monoisotopic (exact) mass is 204 g/mol. The molecule has 0 aromatic heterocycles. The SMILES string of the molecule is O=C1CCC[C@@H](CCc2ccccc2)O1. The number of hydrogen-bond acceptors (Lipinski definition) is 2. The molecule has 15 heavy (non-hydrogen) atoms. The molecule has 1 saturated heterocycles. The Morgan fingerprint density at radius 1 is 1.27 bits per heavy atom. The van der Waals surface area contributed by atoms with Crippen LogP contribution in [0, 0.1) is 0 Å². The molecule has 1 aliphatic rings. The minimum absolute atomic E-state index is 0.0284. The van der Waals surface area contributed by atoms with E-state index in [1.54, 1.807) is 0 Å². The zero-order valence-electron chi connectivity index (χ0n) is 8.82. The summed E-state index contributed by atoms with van der Waals surface area (Å²) in [6, 6.07) is 10.3. The number of benzene rings is 1. The lowest BCUT2D eigenvalue weighted by atomic mass is 10.0. The summed E-state index contributed by atoms with van der Waals surface area (Å²) in [4.78, 5) is 11.1. The largest absolute Gasteiger partial charge is 0.462 e.